The molecule has 0 unspecified atom stereocenters. The first-order valence-corrected chi connectivity index (χ1v) is 9.42. The largest absolute Gasteiger partial charge is 0.324 e. The predicted octanol–water partition coefficient (Wildman–Crippen LogP) is 3.97. The number of nitrogens with two attached hydrogens (primary N) is 1. The third-order valence-corrected chi connectivity index (χ3v) is 5.16. The Morgan fingerprint density at radius 2 is 2.07 bits per heavy atom. The van der Waals surface area contributed by atoms with Gasteiger partial charge in [0.25, 0.3) is 5.69 Å². The fourth-order valence-electron chi connectivity index (χ4n) is 2.73. The summed E-state index contributed by atoms with van der Waals surface area (Å²) in [6.07, 6.45) is 1.76. The first kappa shape index (κ1) is 19.1. The molecule has 3 aromatic rings. The van der Waals surface area contributed by atoms with E-state index >= 15 is 0 Å². The summed E-state index contributed by atoms with van der Waals surface area (Å²) in [5.41, 5.74) is 7.85. The van der Waals surface area contributed by atoms with Crippen molar-refractivity contribution >= 4 is 17.4 Å². The molecular weight excluding hydrogens is 362 g/mol. The monoisotopic (exact) mass is 383 g/mol. The molecule has 7 nitrogen and oxygen atoms in total. The van der Waals surface area contributed by atoms with Gasteiger partial charge in [0, 0.05) is 23.2 Å². The zero-order chi connectivity index (χ0) is 19.4. The Morgan fingerprint density at radius 3 is 2.70 bits per heavy atom. The van der Waals surface area contributed by atoms with E-state index in [1.807, 2.05) is 24.3 Å². The van der Waals surface area contributed by atoms with Crippen LogP contribution in [0.3, 0.4) is 0 Å². The molecule has 0 atom stereocenters. The molecule has 2 aromatic heterocycles. The Bertz CT molecular complexity index is 941. The van der Waals surface area contributed by atoms with Gasteiger partial charge >= 0.3 is 0 Å². The standard InChI is InChI=1S/C19H21N5O2S/c1-13(2)18-19(27-16-8-5-7-15(10-16)24(25)26)23(17(11-20)22-18)12-14-6-3-4-9-21-14/h3-10,13H,11-12,20H2,1-2H3. The Kier molecular flexibility index (Phi) is 5.88. The van der Waals surface area contributed by atoms with Gasteiger partial charge in [-0.15, -0.1) is 0 Å². The number of nitrogens with zero attached hydrogens (tertiary/aromatic N) is 4. The van der Waals surface area contributed by atoms with Gasteiger partial charge in [0.1, 0.15) is 10.9 Å². The van der Waals surface area contributed by atoms with Crippen molar-refractivity contribution in [3.8, 4) is 0 Å². The minimum absolute atomic E-state index is 0.0703. The number of pyridine rings is 1. The van der Waals surface area contributed by atoms with Crippen LogP contribution < -0.4 is 5.73 Å². The van der Waals surface area contributed by atoms with Crippen LogP contribution in [0.15, 0.2) is 58.6 Å². The molecule has 0 saturated heterocycles. The lowest BCUT2D eigenvalue weighted by Gasteiger charge is -2.12. The van der Waals surface area contributed by atoms with Crippen LogP contribution >= 0.6 is 11.8 Å². The average Bonchev–Trinajstić information content (AvgIpc) is 3.00. The van der Waals surface area contributed by atoms with Crippen molar-refractivity contribution in [3.05, 3.63) is 76.0 Å². The Hall–Kier alpha value is -2.71. The highest BCUT2D eigenvalue weighted by atomic mass is 32.2. The summed E-state index contributed by atoms with van der Waals surface area (Å²) in [7, 11) is 0. The summed E-state index contributed by atoms with van der Waals surface area (Å²) < 4.78 is 2.06. The molecule has 0 saturated carbocycles. The van der Waals surface area contributed by atoms with E-state index in [1.165, 1.54) is 17.8 Å². The van der Waals surface area contributed by atoms with Crippen LogP contribution in [0.2, 0.25) is 0 Å². The van der Waals surface area contributed by atoms with Gasteiger partial charge in [0.2, 0.25) is 0 Å². The quantitative estimate of drug-likeness (QED) is 0.489. The van der Waals surface area contributed by atoms with Crippen molar-refractivity contribution in [2.75, 3.05) is 0 Å². The number of imidazole rings is 1. The number of nitro benzene ring substituents is 1. The molecule has 0 aliphatic rings. The molecule has 0 amide bonds. The molecule has 0 aliphatic heterocycles. The van der Waals surface area contributed by atoms with Crippen molar-refractivity contribution < 1.29 is 4.92 Å². The van der Waals surface area contributed by atoms with E-state index in [0.717, 1.165) is 27.1 Å². The second-order valence-electron chi connectivity index (χ2n) is 6.34. The predicted molar refractivity (Wildman–Crippen MR) is 105 cm³/mol. The Morgan fingerprint density at radius 1 is 1.26 bits per heavy atom. The highest BCUT2D eigenvalue weighted by Gasteiger charge is 2.21. The minimum atomic E-state index is -0.385. The van der Waals surface area contributed by atoms with Crippen molar-refractivity contribution in [2.45, 2.75) is 42.8 Å². The minimum Gasteiger partial charge on any atom is -0.324 e. The van der Waals surface area contributed by atoms with E-state index in [0.29, 0.717) is 13.1 Å². The first-order chi connectivity index (χ1) is 13.0. The van der Waals surface area contributed by atoms with Crippen LogP contribution in [0.1, 0.15) is 37.0 Å². The lowest BCUT2D eigenvalue weighted by molar-refractivity contribution is -0.385. The fraction of sp³-hybridized carbons (Fsp3) is 0.263. The van der Waals surface area contributed by atoms with Crippen molar-refractivity contribution in [1.82, 2.24) is 14.5 Å². The van der Waals surface area contributed by atoms with Crippen LogP contribution in [-0.2, 0) is 13.1 Å². The SMILES string of the molecule is CC(C)c1nc(CN)n(Cc2ccccn2)c1Sc1cccc([N+](=O)[O-])c1. The topological polar surface area (TPSA) is 99.9 Å². The number of benzene rings is 1. The molecule has 0 bridgehead atoms. The molecule has 2 heterocycles. The van der Waals surface area contributed by atoms with Gasteiger partial charge in [-0.05, 0) is 24.1 Å². The third kappa shape index (κ3) is 4.35. The highest BCUT2D eigenvalue weighted by Crippen LogP contribution is 2.36. The molecule has 0 aliphatic carbocycles. The van der Waals surface area contributed by atoms with Crippen molar-refractivity contribution in [1.29, 1.82) is 0 Å². The number of rotatable bonds is 7. The highest BCUT2D eigenvalue weighted by molar-refractivity contribution is 7.99. The van der Waals surface area contributed by atoms with Gasteiger partial charge in [-0.2, -0.15) is 0 Å². The maximum absolute atomic E-state index is 11.1. The summed E-state index contributed by atoms with van der Waals surface area (Å²) >= 11 is 1.47. The van der Waals surface area contributed by atoms with Gasteiger partial charge < -0.3 is 10.3 Å². The van der Waals surface area contributed by atoms with Crippen LogP contribution in [-0.4, -0.2) is 19.5 Å². The van der Waals surface area contributed by atoms with Gasteiger partial charge in [-0.3, -0.25) is 15.1 Å². The van der Waals surface area contributed by atoms with Gasteiger partial charge in [-0.25, -0.2) is 4.98 Å². The first-order valence-electron chi connectivity index (χ1n) is 8.61. The Balaban J connectivity index is 2.05. The second kappa shape index (κ2) is 8.32. The summed E-state index contributed by atoms with van der Waals surface area (Å²) in [6.45, 7) is 5.00. The molecule has 0 fully saturated rings. The third-order valence-electron chi connectivity index (χ3n) is 4.04. The molecule has 27 heavy (non-hydrogen) atoms. The maximum Gasteiger partial charge on any atom is 0.270 e. The zero-order valence-corrected chi connectivity index (χ0v) is 16.0. The van der Waals surface area contributed by atoms with E-state index in [-0.39, 0.29) is 16.5 Å². The van der Waals surface area contributed by atoms with E-state index in [9.17, 15) is 10.1 Å². The summed E-state index contributed by atoms with van der Waals surface area (Å²) in [6, 6.07) is 12.4. The van der Waals surface area contributed by atoms with Crippen molar-refractivity contribution in [2.24, 2.45) is 5.73 Å². The average molecular weight is 383 g/mol. The van der Waals surface area contributed by atoms with Crippen molar-refractivity contribution in [3.63, 3.8) is 0 Å². The lowest BCUT2D eigenvalue weighted by atomic mass is 10.1. The van der Waals surface area contributed by atoms with E-state index in [1.54, 1.807) is 18.3 Å². The number of hydrogen-bond acceptors (Lipinski definition) is 6. The number of hydrogen-bond donors (Lipinski definition) is 1. The second-order valence-corrected chi connectivity index (χ2v) is 7.40. The number of nitro groups is 1. The smallest absolute Gasteiger partial charge is 0.270 e. The van der Waals surface area contributed by atoms with Crippen LogP contribution in [0, 0.1) is 10.1 Å². The van der Waals surface area contributed by atoms with Gasteiger partial charge in [-0.1, -0.05) is 37.7 Å². The summed E-state index contributed by atoms with van der Waals surface area (Å²) in [5, 5.41) is 12.0. The normalized spacial score (nSPS) is 11.1. The van der Waals surface area contributed by atoms with Gasteiger partial charge in [0.15, 0.2) is 0 Å². The molecule has 1 aromatic carbocycles. The molecular formula is C19H21N5O2S. The molecule has 140 valence electrons. The van der Waals surface area contributed by atoms with E-state index in [4.69, 9.17) is 10.7 Å². The molecule has 8 heteroatoms. The van der Waals surface area contributed by atoms with E-state index < -0.39 is 0 Å². The summed E-state index contributed by atoms with van der Waals surface area (Å²) in [5.74, 6) is 0.971. The van der Waals surface area contributed by atoms with Crippen LogP contribution in [0.4, 0.5) is 5.69 Å². The lowest BCUT2D eigenvalue weighted by Crippen LogP contribution is -2.11. The van der Waals surface area contributed by atoms with Crippen LogP contribution in [0.5, 0.6) is 0 Å². The Labute approximate surface area is 161 Å². The fourth-order valence-corrected chi connectivity index (χ4v) is 3.95. The molecule has 0 spiro atoms. The summed E-state index contributed by atoms with van der Waals surface area (Å²) in [4.78, 5) is 20.6. The molecule has 3 rings (SSSR count). The van der Waals surface area contributed by atoms with E-state index in [2.05, 4.69) is 23.4 Å². The molecule has 0 radical (unpaired) electrons. The van der Waals surface area contributed by atoms with Gasteiger partial charge in [0.05, 0.1) is 29.4 Å². The number of aromatic nitrogens is 3. The zero-order valence-electron chi connectivity index (χ0n) is 15.2. The number of non-ortho nitro benzene ring substituents is 1. The van der Waals surface area contributed by atoms with Crippen LogP contribution in [0.25, 0.3) is 0 Å². The molecule has 2 N–H and O–H groups in total. The maximum atomic E-state index is 11.1.